The Morgan fingerprint density at radius 2 is 1.67 bits per heavy atom. The van der Waals surface area contributed by atoms with Crippen molar-refractivity contribution in [3.05, 3.63) is 46.5 Å². The van der Waals surface area contributed by atoms with Crippen molar-refractivity contribution in [3.63, 3.8) is 0 Å². The fraction of sp³-hybridized carbons (Fsp3) is 0.550. The van der Waals surface area contributed by atoms with Crippen LogP contribution in [0.25, 0.3) is 0 Å². The maximum Gasteiger partial charge on any atom is 0.159 e. The normalized spacial score (nSPS) is 23.2. The number of allylic oxidation sites excluding steroid dienone is 2. The van der Waals surface area contributed by atoms with Crippen LogP contribution in [0, 0.1) is 5.41 Å². The van der Waals surface area contributed by atoms with Crippen molar-refractivity contribution in [1.82, 2.24) is 0 Å². The molecule has 1 aromatic rings. The molecule has 0 spiro atoms. The molecule has 0 fully saturated rings. The van der Waals surface area contributed by atoms with Gasteiger partial charge in [-0.3, -0.25) is 4.79 Å². The van der Waals surface area contributed by atoms with E-state index in [0.717, 1.165) is 19.3 Å². The summed E-state index contributed by atoms with van der Waals surface area (Å²) in [6.07, 6.45) is 6.12. The minimum Gasteiger partial charge on any atom is -0.295 e. The van der Waals surface area contributed by atoms with Crippen molar-refractivity contribution in [2.75, 3.05) is 0 Å². The second-order valence-electron chi connectivity index (χ2n) is 7.63. The fourth-order valence-corrected chi connectivity index (χ4v) is 4.19. The van der Waals surface area contributed by atoms with E-state index in [0.29, 0.717) is 18.1 Å². The van der Waals surface area contributed by atoms with Gasteiger partial charge < -0.3 is 0 Å². The van der Waals surface area contributed by atoms with Crippen molar-refractivity contribution >= 4 is 5.78 Å². The molecule has 2 aliphatic rings. The van der Waals surface area contributed by atoms with Gasteiger partial charge in [-0.1, -0.05) is 50.6 Å². The van der Waals surface area contributed by atoms with Crippen LogP contribution in [0.5, 0.6) is 0 Å². The molecule has 3 rings (SSSR count). The Labute approximate surface area is 128 Å². The number of hydrogen-bond donors (Lipinski definition) is 0. The van der Waals surface area contributed by atoms with Gasteiger partial charge in [0.25, 0.3) is 0 Å². The summed E-state index contributed by atoms with van der Waals surface area (Å²) >= 11 is 0. The monoisotopic (exact) mass is 282 g/mol. The second kappa shape index (κ2) is 5.44. The summed E-state index contributed by atoms with van der Waals surface area (Å²) in [4.78, 5) is 12.6. The van der Waals surface area contributed by atoms with Gasteiger partial charge in [-0.15, -0.1) is 0 Å². The summed E-state index contributed by atoms with van der Waals surface area (Å²) in [6.45, 7) is 6.96. The average Bonchev–Trinajstić information content (AvgIpc) is 2.43. The van der Waals surface area contributed by atoms with Crippen LogP contribution >= 0.6 is 0 Å². The number of rotatable bonds is 0. The lowest BCUT2D eigenvalue weighted by Crippen LogP contribution is -2.27. The molecular weight excluding hydrogens is 256 g/mol. The molecule has 21 heavy (non-hydrogen) atoms. The highest BCUT2D eigenvalue weighted by atomic mass is 16.1. The van der Waals surface area contributed by atoms with Gasteiger partial charge in [0.05, 0.1) is 0 Å². The Bertz CT molecular complexity index is 586. The molecule has 1 heteroatoms. The number of fused-ring (bicyclic) bond motifs is 1. The lowest BCUT2D eigenvalue weighted by atomic mass is 9.65. The Morgan fingerprint density at radius 3 is 2.43 bits per heavy atom. The van der Waals surface area contributed by atoms with Crippen molar-refractivity contribution in [3.8, 4) is 0 Å². The largest absolute Gasteiger partial charge is 0.295 e. The van der Waals surface area contributed by atoms with E-state index in [1.54, 1.807) is 0 Å². The Hall–Kier alpha value is -1.37. The minimum absolute atomic E-state index is 0.158. The van der Waals surface area contributed by atoms with Gasteiger partial charge in [-0.2, -0.15) is 0 Å². The van der Waals surface area contributed by atoms with Gasteiger partial charge in [-0.05, 0) is 54.2 Å². The third-order valence-electron chi connectivity index (χ3n) is 5.05. The molecule has 0 radical (unpaired) electrons. The van der Waals surface area contributed by atoms with Crippen LogP contribution in [0.1, 0.15) is 69.9 Å². The zero-order valence-corrected chi connectivity index (χ0v) is 13.5. The highest BCUT2D eigenvalue weighted by Crippen LogP contribution is 2.48. The van der Waals surface area contributed by atoms with Crippen LogP contribution in [-0.2, 0) is 11.2 Å². The van der Waals surface area contributed by atoms with E-state index < -0.39 is 0 Å². The third-order valence-corrected chi connectivity index (χ3v) is 5.05. The predicted octanol–water partition coefficient (Wildman–Crippen LogP) is 5.20. The molecule has 1 atom stereocenters. The molecule has 1 nitrogen and oxygen atoms in total. The molecule has 2 aliphatic carbocycles. The SMILES string of the molecule is CC(C)(C)C1C2=C(CCCC2)C(=O)CCc2ccccc21. The molecule has 0 heterocycles. The highest BCUT2D eigenvalue weighted by Gasteiger charge is 2.36. The van der Waals surface area contributed by atoms with Crippen LogP contribution in [-0.4, -0.2) is 5.78 Å². The van der Waals surface area contributed by atoms with Crippen LogP contribution in [0.3, 0.4) is 0 Å². The number of Topliss-reactive ketones (excluding diaryl/α,β-unsaturated/α-hetero) is 1. The molecule has 0 bridgehead atoms. The Balaban J connectivity index is 2.22. The predicted molar refractivity (Wildman–Crippen MR) is 87.5 cm³/mol. The number of benzene rings is 1. The number of carbonyl (C=O) groups is 1. The molecule has 0 N–H and O–H groups in total. The van der Waals surface area contributed by atoms with E-state index in [-0.39, 0.29) is 5.41 Å². The first kappa shape index (κ1) is 14.6. The zero-order chi connectivity index (χ0) is 15.0. The van der Waals surface area contributed by atoms with E-state index in [9.17, 15) is 4.79 Å². The molecule has 0 saturated heterocycles. The smallest absolute Gasteiger partial charge is 0.159 e. The van der Waals surface area contributed by atoms with E-state index in [1.165, 1.54) is 35.1 Å². The van der Waals surface area contributed by atoms with Gasteiger partial charge in [0.1, 0.15) is 0 Å². The first-order chi connectivity index (χ1) is 9.98. The Morgan fingerprint density at radius 1 is 0.952 bits per heavy atom. The summed E-state index contributed by atoms with van der Waals surface area (Å²) in [5, 5.41) is 0. The quantitative estimate of drug-likeness (QED) is 0.639. The summed E-state index contributed by atoms with van der Waals surface area (Å²) < 4.78 is 0. The standard InChI is InChI=1S/C20H26O/c1-20(2,3)19-15-9-5-4-8-14(15)12-13-18(21)16-10-6-7-11-17(16)19/h4-5,8-9,19H,6-7,10-13H2,1-3H3. The van der Waals surface area contributed by atoms with Crippen LogP contribution in [0.2, 0.25) is 0 Å². The van der Waals surface area contributed by atoms with Crippen molar-refractivity contribution in [1.29, 1.82) is 0 Å². The molecule has 0 saturated carbocycles. The maximum atomic E-state index is 12.6. The number of hydrogen-bond acceptors (Lipinski definition) is 1. The van der Waals surface area contributed by atoms with Crippen molar-refractivity contribution in [2.45, 2.75) is 65.2 Å². The molecule has 0 aliphatic heterocycles. The van der Waals surface area contributed by atoms with E-state index in [1.807, 2.05) is 0 Å². The molecule has 1 unspecified atom stereocenters. The summed E-state index contributed by atoms with van der Waals surface area (Å²) in [5.74, 6) is 0.807. The summed E-state index contributed by atoms with van der Waals surface area (Å²) in [7, 11) is 0. The molecule has 1 aromatic carbocycles. The minimum atomic E-state index is 0.158. The lowest BCUT2D eigenvalue weighted by molar-refractivity contribution is -0.115. The number of ketones is 1. The van der Waals surface area contributed by atoms with Gasteiger partial charge in [0.2, 0.25) is 0 Å². The molecule has 0 amide bonds. The van der Waals surface area contributed by atoms with Crippen molar-refractivity contribution in [2.24, 2.45) is 5.41 Å². The number of aryl methyl sites for hydroxylation is 1. The lowest BCUT2D eigenvalue weighted by Gasteiger charge is -2.38. The average molecular weight is 282 g/mol. The first-order valence-corrected chi connectivity index (χ1v) is 8.31. The second-order valence-corrected chi connectivity index (χ2v) is 7.63. The molecule has 112 valence electrons. The fourth-order valence-electron chi connectivity index (χ4n) is 4.19. The van der Waals surface area contributed by atoms with Crippen LogP contribution in [0.15, 0.2) is 35.4 Å². The Kier molecular flexibility index (Phi) is 3.77. The highest BCUT2D eigenvalue weighted by molar-refractivity contribution is 5.97. The van der Waals surface area contributed by atoms with Gasteiger partial charge in [0, 0.05) is 12.3 Å². The van der Waals surface area contributed by atoms with E-state index in [4.69, 9.17) is 0 Å². The number of carbonyl (C=O) groups excluding carboxylic acids is 1. The summed E-state index contributed by atoms with van der Waals surface area (Å²) in [5.41, 5.74) is 5.63. The van der Waals surface area contributed by atoms with Crippen LogP contribution < -0.4 is 0 Å². The maximum absolute atomic E-state index is 12.6. The van der Waals surface area contributed by atoms with Gasteiger partial charge in [-0.25, -0.2) is 0 Å². The topological polar surface area (TPSA) is 17.1 Å². The third kappa shape index (κ3) is 2.71. The van der Waals surface area contributed by atoms with E-state index >= 15 is 0 Å². The van der Waals surface area contributed by atoms with E-state index in [2.05, 4.69) is 45.0 Å². The molecular formula is C20H26O. The first-order valence-electron chi connectivity index (χ1n) is 8.31. The van der Waals surface area contributed by atoms with Crippen molar-refractivity contribution < 1.29 is 4.79 Å². The zero-order valence-electron chi connectivity index (χ0n) is 13.5. The van der Waals surface area contributed by atoms with Gasteiger partial charge >= 0.3 is 0 Å². The van der Waals surface area contributed by atoms with Crippen LogP contribution in [0.4, 0.5) is 0 Å². The molecule has 0 aromatic heterocycles. The van der Waals surface area contributed by atoms with Gasteiger partial charge in [0.15, 0.2) is 5.78 Å². The summed E-state index contributed by atoms with van der Waals surface area (Å²) in [6, 6.07) is 8.78.